The number of carbonyl (C=O) groups is 1. The predicted molar refractivity (Wildman–Crippen MR) is 67.3 cm³/mol. The third-order valence-corrected chi connectivity index (χ3v) is 3.62. The van der Waals surface area contributed by atoms with Gasteiger partial charge in [0.25, 0.3) is 0 Å². The van der Waals surface area contributed by atoms with Crippen molar-refractivity contribution in [3.63, 3.8) is 0 Å². The Morgan fingerprint density at radius 3 is 2.72 bits per heavy atom. The first kappa shape index (κ1) is 11.0. The topological polar surface area (TPSA) is 66.0 Å². The molecular weight excluding hydrogens is 228 g/mol. The Hall–Kier alpha value is -2.10. The van der Waals surface area contributed by atoms with Gasteiger partial charge in [-0.15, -0.1) is 0 Å². The fourth-order valence-electron chi connectivity index (χ4n) is 2.25. The lowest BCUT2D eigenvalue weighted by Gasteiger charge is -2.05. The van der Waals surface area contributed by atoms with Gasteiger partial charge in [-0.1, -0.05) is 24.3 Å². The smallest absolute Gasteiger partial charge is 0.317 e. The van der Waals surface area contributed by atoms with Crippen LogP contribution in [0.5, 0.6) is 0 Å². The summed E-state index contributed by atoms with van der Waals surface area (Å²) in [7, 11) is 0. The van der Waals surface area contributed by atoms with E-state index in [-0.39, 0.29) is 0 Å². The molecule has 92 valence electrons. The van der Waals surface area contributed by atoms with Crippen molar-refractivity contribution >= 4 is 5.97 Å². The number of nitrogens with zero attached hydrogens (tertiary/aromatic N) is 1. The van der Waals surface area contributed by atoms with Gasteiger partial charge in [0.1, 0.15) is 11.2 Å². The van der Waals surface area contributed by atoms with E-state index in [0.29, 0.717) is 18.7 Å². The van der Waals surface area contributed by atoms with E-state index in [4.69, 9.17) is 0 Å². The molecule has 1 aliphatic carbocycles. The molecule has 1 aromatic carbocycles. The van der Waals surface area contributed by atoms with Crippen molar-refractivity contribution < 1.29 is 9.90 Å². The van der Waals surface area contributed by atoms with Crippen LogP contribution in [0.3, 0.4) is 0 Å². The summed E-state index contributed by atoms with van der Waals surface area (Å²) in [6.07, 6.45) is 3.06. The number of hydrogen-bond donors (Lipinski definition) is 2. The van der Waals surface area contributed by atoms with Crippen LogP contribution in [0.4, 0.5) is 0 Å². The molecule has 0 bridgehead atoms. The number of hydrogen-bond acceptors (Lipinski definition) is 2. The molecule has 0 radical (unpaired) electrons. The summed E-state index contributed by atoms with van der Waals surface area (Å²) in [4.78, 5) is 18.7. The highest BCUT2D eigenvalue weighted by Crippen LogP contribution is 2.47. The van der Waals surface area contributed by atoms with Crippen molar-refractivity contribution in [1.82, 2.24) is 9.97 Å². The third kappa shape index (κ3) is 1.53. The Labute approximate surface area is 105 Å². The summed E-state index contributed by atoms with van der Waals surface area (Å²) >= 11 is 0. The first-order valence-electron chi connectivity index (χ1n) is 5.98. The Morgan fingerprint density at radius 1 is 1.39 bits per heavy atom. The molecular formula is C14H14N2O2. The average molecular weight is 242 g/mol. The zero-order valence-corrected chi connectivity index (χ0v) is 10.1. The lowest BCUT2D eigenvalue weighted by Crippen LogP contribution is -2.20. The lowest BCUT2D eigenvalue weighted by molar-refractivity contribution is -0.140. The van der Waals surface area contributed by atoms with Crippen molar-refractivity contribution in [1.29, 1.82) is 0 Å². The van der Waals surface area contributed by atoms with Crippen LogP contribution >= 0.6 is 0 Å². The largest absolute Gasteiger partial charge is 0.480 e. The molecule has 1 aromatic heterocycles. The number of benzene rings is 1. The molecule has 1 heterocycles. The number of H-pyrrole nitrogens is 1. The second kappa shape index (κ2) is 3.70. The molecule has 4 nitrogen and oxygen atoms in total. The van der Waals surface area contributed by atoms with Gasteiger partial charge < -0.3 is 10.1 Å². The Morgan fingerprint density at radius 2 is 2.11 bits per heavy atom. The highest BCUT2D eigenvalue weighted by molar-refractivity contribution is 5.84. The zero-order chi connectivity index (χ0) is 12.8. The second-order valence-corrected chi connectivity index (χ2v) is 4.85. The van der Waals surface area contributed by atoms with E-state index in [0.717, 1.165) is 16.8 Å². The molecule has 0 saturated heterocycles. The van der Waals surface area contributed by atoms with Gasteiger partial charge in [0.2, 0.25) is 0 Å². The van der Waals surface area contributed by atoms with Gasteiger partial charge in [-0.25, -0.2) is 4.98 Å². The van der Waals surface area contributed by atoms with E-state index in [2.05, 4.69) is 9.97 Å². The number of imidazole rings is 1. The number of carboxylic acid groups (broad SMARTS) is 1. The maximum Gasteiger partial charge on any atom is 0.317 e. The SMILES string of the molecule is Cc1ccccc1-c1cnc(C2(C(=O)O)CC2)[nH]1. The monoisotopic (exact) mass is 242 g/mol. The Bertz CT molecular complexity index is 612. The van der Waals surface area contributed by atoms with E-state index in [1.807, 2.05) is 31.2 Å². The fraction of sp³-hybridized carbons (Fsp3) is 0.286. The molecule has 2 N–H and O–H groups in total. The van der Waals surface area contributed by atoms with Crippen LogP contribution in [-0.4, -0.2) is 21.0 Å². The number of carboxylic acids is 1. The second-order valence-electron chi connectivity index (χ2n) is 4.85. The molecule has 1 aliphatic rings. The highest BCUT2D eigenvalue weighted by atomic mass is 16.4. The van der Waals surface area contributed by atoms with Crippen molar-refractivity contribution in [2.75, 3.05) is 0 Å². The summed E-state index contributed by atoms with van der Waals surface area (Å²) in [6.45, 7) is 2.03. The van der Waals surface area contributed by atoms with Gasteiger partial charge in [-0.05, 0) is 25.3 Å². The highest BCUT2D eigenvalue weighted by Gasteiger charge is 2.54. The molecule has 0 amide bonds. The predicted octanol–water partition coefficient (Wildman–Crippen LogP) is 2.50. The summed E-state index contributed by atoms with van der Waals surface area (Å²) in [5, 5.41) is 9.23. The van der Waals surface area contributed by atoms with Gasteiger partial charge >= 0.3 is 5.97 Å². The summed E-state index contributed by atoms with van der Waals surface area (Å²) in [5.74, 6) is -0.207. The van der Waals surface area contributed by atoms with Crippen LogP contribution in [0, 0.1) is 6.92 Å². The van der Waals surface area contributed by atoms with Gasteiger partial charge in [-0.3, -0.25) is 4.79 Å². The third-order valence-electron chi connectivity index (χ3n) is 3.62. The number of aromatic amines is 1. The minimum atomic E-state index is -0.784. The number of rotatable bonds is 3. The van der Waals surface area contributed by atoms with E-state index in [9.17, 15) is 9.90 Å². The standard InChI is InChI=1S/C14H14N2O2/c1-9-4-2-3-5-10(9)11-8-15-12(16-11)14(6-7-14)13(17)18/h2-5,8H,6-7H2,1H3,(H,15,16)(H,17,18). The normalized spacial score (nSPS) is 16.5. The first-order valence-corrected chi connectivity index (χ1v) is 5.98. The van der Waals surface area contributed by atoms with Crippen molar-refractivity contribution in [2.45, 2.75) is 25.2 Å². The van der Waals surface area contributed by atoms with Crippen molar-refractivity contribution in [2.24, 2.45) is 0 Å². The van der Waals surface area contributed by atoms with Gasteiger partial charge in [0.15, 0.2) is 0 Å². The molecule has 0 unspecified atom stereocenters. The zero-order valence-electron chi connectivity index (χ0n) is 10.1. The molecule has 0 aliphatic heterocycles. The van der Waals surface area contributed by atoms with Crippen LogP contribution < -0.4 is 0 Å². The Balaban J connectivity index is 2.01. The Kier molecular flexibility index (Phi) is 2.26. The molecule has 2 aromatic rings. The molecule has 1 fully saturated rings. The van der Waals surface area contributed by atoms with Crippen LogP contribution in [0.1, 0.15) is 24.2 Å². The summed E-state index contributed by atoms with van der Waals surface area (Å²) in [5.41, 5.74) is 2.34. The number of nitrogens with one attached hydrogen (secondary N) is 1. The number of aryl methyl sites for hydroxylation is 1. The van der Waals surface area contributed by atoms with Crippen molar-refractivity contribution in [3.05, 3.63) is 41.9 Å². The summed E-state index contributed by atoms with van der Waals surface area (Å²) in [6, 6.07) is 7.98. The molecule has 18 heavy (non-hydrogen) atoms. The number of aromatic nitrogens is 2. The van der Waals surface area contributed by atoms with Gasteiger partial charge in [0.05, 0.1) is 11.9 Å². The van der Waals surface area contributed by atoms with Gasteiger partial charge in [0, 0.05) is 5.56 Å². The lowest BCUT2D eigenvalue weighted by atomic mass is 10.1. The van der Waals surface area contributed by atoms with Gasteiger partial charge in [-0.2, -0.15) is 0 Å². The van der Waals surface area contributed by atoms with Crippen LogP contribution in [0.15, 0.2) is 30.5 Å². The average Bonchev–Trinajstić information content (AvgIpc) is 3.03. The van der Waals surface area contributed by atoms with Crippen LogP contribution in [-0.2, 0) is 10.2 Å². The maximum atomic E-state index is 11.2. The number of aliphatic carboxylic acids is 1. The van der Waals surface area contributed by atoms with E-state index in [1.54, 1.807) is 6.20 Å². The quantitative estimate of drug-likeness (QED) is 0.869. The molecule has 3 rings (SSSR count). The minimum absolute atomic E-state index is 0.577. The van der Waals surface area contributed by atoms with Crippen LogP contribution in [0.2, 0.25) is 0 Å². The van der Waals surface area contributed by atoms with Crippen molar-refractivity contribution in [3.8, 4) is 11.3 Å². The van der Waals surface area contributed by atoms with E-state index >= 15 is 0 Å². The summed E-state index contributed by atoms with van der Waals surface area (Å²) < 4.78 is 0. The van der Waals surface area contributed by atoms with Crippen LogP contribution in [0.25, 0.3) is 11.3 Å². The molecule has 1 saturated carbocycles. The molecule has 4 heteroatoms. The maximum absolute atomic E-state index is 11.2. The van der Waals surface area contributed by atoms with E-state index in [1.165, 1.54) is 0 Å². The molecule has 0 spiro atoms. The fourth-order valence-corrected chi connectivity index (χ4v) is 2.25. The first-order chi connectivity index (χ1) is 8.63. The molecule has 0 atom stereocenters. The van der Waals surface area contributed by atoms with E-state index < -0.39 is 11.4 Å². The minimum Gasteiger partial charge on any atom is -0.480 e.